The average molecular weight is 332 g/mol. The van der Waals surface area contributed by atoms with Crippen LogP contribution < -0.4 is 10.6 Å². The van der Waals surface area contributed by atoms with Crippen molar-refractivity contribution in [1.82, 2.24) is 15.5 Å². The number of piperidine rings is 1. The fourth-order valence-corrected chi connectivity index (χ4v) is 3.24. The van der Waals surface area contributed by atoms with Crippen LogP contribution in [-0.2, 0) is 0 Å². The molecule has 1 aliphatic heterocycles. The van der Waals surface area contributed by atoms with Crippen LogP contribution in [0.15, 0.2) is 30.3 Å². The Kier molecular flexibility index (Phi) is 6.67. The lowest BCUT2D eigenvalue weighted by atomic mass is 9.82. The second-order valence-corrected chi connectivity index (χ2v) is 8.13. The number of urea groups is 1. The van der Waals surface area contributed by atoms with Crippen LogP contribution >= 0.6 is 0 Å². The molecular weight excluding hydrogens is 298 g/mol. The van der Waals surface area contributed by atoms with Crippen LogP contribution in [0.3, 0.4) is 0 Å². The van der Waals surface area contributed by atoms with E-state index in [4.69, 9.17) is 0 Å². The predicted octanol–water partition coefficient (Wildman–Crippen LogP) is 3.80. The lowest BCUT2D eigenvalue weighted by molar-refractivity contribution is 0.189. The first-order chi connectivity index (χ1) is 11.4. The van der Waals surface area contributed by atoms with Crippen LogP contribution in [0.2, 0.25) is 0 Å². The number of carbonyl (C=O) groups excluding carboxylic acids is 1. The van der Waals surface area contributed by atoms with Crippen molar-refractivity contribution >= 4 is 6.03 Å². The fourth-order valence-electron chi connectivity index (χ4n) is 3.24. The van der Waals surface area contributed by atoms with Gasteiger partial charge in [0.25, 0.3) is 0 Å². The van der Waals surface area contributed by atoms with Crippen molar-refractivity contribution in [2.75, 3.05) is 26.2 Å². The molecule has 0 aliphatic carbocycles. The van der Waals surface area contributed by atoms with E-state index in [9.17, 15) is 4.79 Å². The van der Waals surface area contributed by atoms with E-state index < -0.39 is 0 Å². The molecule has 0 aromatic heterocycles. The molecule has 0 radical (unpaired) electrons. The molecule has 1 aromatic rings. The molecule has 1 atom stereocenters. The van der Waals surface area contributed by atoms with E-state index in [0.717, 1.165) is 31.1 Å². The maximum absolute atomic E-state index is 12.3. The van der Waals surface area contributed by atoms with Gasteiger partial charge in [-0.3, -0.25) is 0 Å². The molecule has 0 bridgehead atoms. The molecule has 1 saturated heterocycles. The number of benzene rings is 1. The van der Waals surface area contributed by atoms with Gasteiger partial charge in [0.2, 0.25) is 0 Å². The predicted molar refractivity (Wildman–Crippen MR) is 100 cm³/mol. The highest BCUT2D eigenvalue weighted by Gasteiger charge is 2.27. The third-order valence-corrected chi connectivity index (χ3v) is 4.86. The van der Waals surface area contributed by atoms with E-state index in [0.29, 0.717) is 6.54 Å². The molecule has 2 rings (SSSR count). The number of hydrogen-bond donors (Lipinski definition) is 2. The molecule has 4 nitrogen and oxygen atoms in total. The summed E-state index contributed by atoms with van der Waals surface area (Å²) in [5.41, 5.74) is 1.10. The molecule has 4 heteroatoms. The van der Waals surface area contributed by atoms with Crippen LogP contribution in [0.5, 0.6) is 0 Å². The second-order valence-electron chi connectivity index (χ2n) is 8.13. The molecule has 1 heterocycles. The van der Waals surface area contributed by atoms with Gasteiger partial charge in [-0.05, 0) is 42.8 Å². The van der Waals surface area contributed by atoms with Gasteiger partial charge in [-0.1, -0.05) is 58.0 Å². The highest BCUT2D eigenvalue weighted by molar-refractivity contribution is 5.74. The lowest BCUT2D eigenvalue weighted by Gasteiger charge is -2.32. The maximum Gasteiger partial charge on any atom is 0.315 e. The van der Waals surface area contributed by atoms with Crippen molar-refractivity contribution in [1.29, 1.82) is 0 Å². The van der Waals surface area contributed by atoms with Crippen LogP contribution in [0.25, 0.3) is 0 Å². The molecule has 0 saturated carbocycles. The van der Waals surface area contributed by atoms with Gasteiger partial charge in [0.05, 0.1) is 6.04 Å². The number of nitrogens with one attached hydrogen (secondary N) is 2. The standard InChI is InChI=1S/C20H33N3O/c1-16-10-13-23(14-11-16)15-12-21-19(24)22-18(20(2,3)4)17-8-6-5-7-9-17/h5-9,16,18H,10-15H2,1-4H3,(H2,21,22,24). The Labute approximate surface area is 147 Å². The Morgan fingerprint density at radius 3 is 2.42 bits per heavy atom. The highest BCUT2D eigenvalue weighted by atomic mass is 16.2. The van der Waals surface area contributed by atoms with E-state index >= 15 is 0 Å². The number of carbonyl (C=O) groups is 1. The highest BCUT2D eigenvalue weighted by Crippen LogP contribution is 2.32. The number of rotatable bonds is 5. The van der Waals surface area contributed by atoms with Gasteiger partial charge >= 0.3 is 6.03 Å². The minimum atomic E-state index is -0.0795. The molecule has 1 aliphatic rings. The van der Waals surface area contributed by atoms with Crippen LogP contribution in [-0.4, -0.2) is 37.1 Å². The van der Waals surface area contributed by atoms with E-state index in [1.54, 1.807) is 0 Å². The Bertz CT molecular complexity index is 501. The smallest absolute Gasteiger partial charge is 0.315 e. The van der Waals surface area contributed by atoms with Crippen LogP contribution in [0, 0.1) is 11.3 Å². The van der Waals surface area contributed by atoms with Gasteiger partial charge in [-0.2, -0.15) is 0 Å². The summed E-state index contributed by atoms with van der Waals surface area (Å²) in [6.07, 6.45) is 2.54. The minimum Gasteiger partial charge on any atom is -0.337 e. The lowest BCUT2D eigenvalue weighted by Crippen LogP contribution is -2.45. The van der Waals surface area contributed by atoms with Crippen molar-refractivity contribution in [2.24, 2.45) is 11.3 Å². The molecule has 1 fully saturated rings. The Hall–Kier alpha value is -1.55. The Morgan fingerprint density at radius 2 is 1.83 bits per heavy atom. The Morgan fingerprint density at radius 1 is 1.21 bits per heavy atom. The van der Waals surface area contributed by atoms with Gasteiger partial charge in [0.15, 0.2) is 0 Å². The summed E-state index contributed by atoms with van der Waals surface area (Å²) in [5.74, 6) is 0.843. The molecule has 0 spiro atoms. The molecule has 134 valence electrons. The zero-order chi connectivity index (χ0) is 17.6. The summed E-state index contributed by atoms with van der Waals surface area (Å²) >= 11 is 0. The summed E-state index contributed by atoms with van der Waals surface area (Å²) in [6, 6.07) is 10.1. The summed E-state index contributed by atoms with van der Waals surface area (Å²) in [7, 11) is 0. The molecular formula is C20H33N3O. The average Bonchev–Trinajstić information content (AvgIpc) is 2.54. The monoisotopic (exact) mass is 331 g/mol. The van der Waals surface area contributed by atoms with Gasteiger partial charge in [0.1, 0.15) is 0 Å². The molecule has 24 heavy (non-hydrogen) atoms. The van der Waals surface area contributed by atoms with Crippen molar-refractivity contribution in [3.63, 3.8) is 0 Å². The second kappa shape index (κ2) is 8.52. The quantitative estimate of drug-likeness (QED) is 0.862. The third-order valence-electron chi connectivity index (χ3n) is 4.86. The zero-order valence-corrected chi connectivity index (χ0v) is 15.6. The number of amides is 2. The molecule has 2 N–H and O–H groups in total. The van der Waals surface area contributed by atoms with Crippen molar-refractivity contribution < 1.29 is 4.79 Å². The SMILES string of the molecule is CC1CCN(CCNC(=O)NC(c2ccccc2)C(C)(C)C)CC1. The third kappa shape index (κ3) is 5.82. The van der Waals surface area contributed by atoms with Crippen LogP contribution in [0.1, 0.15) is 52.1 Å². The number of likely N-dealkylation sites (tertiary alicyclic amines) is 1. The van der Waals surface area contributed by atoms with Crippen molar-refractivity contribution in [2.45, 2.75) is 46.6 Å². The molecule has 2 amide bonds. The largest absolute Gasteiger partial charge is 0.337 e. The summed E-state index contributed by atoms with van der Waals surface area (Å²) in [6.45, 7) is 12.7. The van der Waals surface area contributed by atoms with Gasteiger partial charge < -0.3 is 15.5 Å². The summed E-state index contributed by atoms with van der Waals surface area (Å²) in [4.78, 5) is 14.8. The first-order valence-corrected chi connectivity index (χ1v) is 9.18. The van der Waals surface area contributed by atoms with E-state index in [1.807, 2.05) is 18.2 Å². The first-order valence-electron chi connectivity index (χ1n) is 9.18. The van der Waals surface area contributed by atoms with Gasteiger partial charge in [-0.15, -0.1) is 0 Å². The first kappa shape index (κ1) is 18.8. The zero-order valence-electron chi connectivity index (χ0n) is 15.6. The van der Waals surface area contributed by atoms with E-state index in [1.165, 1.54) is 12.8 Å². The minimum absolute atomic E-state index is 0.00506. The Balaban J connectivity index is 1.81. The number of hydrogen-bond acceptors (Lipinski definition) is 2. The van der Waals surface area contributed by atoms with Crippen LogP contribution in [0.4, 0.5) is 4.79 Å². The summed E-state index contributed by atoms with van der Waals surface area (Å²) < 4.78 is 0. The van der Waals surface area contributed by atoms with E-state index in [-0.39, 0.29) is 17.5 Å². The summed E-state index contributed by atoms with van der Waals surface area (Å²) in [5, 5.41) is 6.17. The fraction of sp³-hybridized carbons (Fsp3) is 0.650. The molecule has 1 aromatic carbocycles. The van der Waals surface area contributed by atoms with Crippen molar-refractivity contribution in [3.8, 4) is 0 Å². The van der Waals surface area contributed by atoms with Crippen molar-refractivity contribution in [3.05, 3.63) is 35.9 Å². The van der Waals surface area contributed by atoms with E-state index in [2.05, 4.69) is 55.4 Å². The normalized spacial score (nSPS) is 18.2. The number of nitrogens with zero attached hydrogens (tertiary/aromatic N) is 1. The topological polar surface area (TPSA) is 44.4 Å². The van der Waals surface area contributed by atoms with Gasteiger partial charge in [0, 0.05) is 13.1 Å². The molecule has 1 unspecified atom stereocenters. The maximum atomic E-state index is 12.3. The van der Waals surface area contributed by atoms with Gasteiger partial charge in [-0.25, -0.2) is 4.79 Å².